The Morgan fingerprint density at radius 3 is 2.55 bits per heavy atom. The van der Waals surface area contributed by atoms with Crippen LogP contribution >= 0.6 is 11.6 Å². The first-order valence-corrected chi connectivity index (χ1v) is 3.75. The van der Waals surface area contributed by atoms with Crippen molar-refractivity contribution in [1.82, 2.24) is 10.2 Å². The molecule has 62 valence electrons. The predicted molar refractivity (Wildman–Crippen MR) is 45.5 cm³/mol. The van der Waals surface area contributed by atoms with Gasteiger partial charge in [0.25, 0.3) is 0 Å². The van der Waals surface area contributed by atoms with Crippen molar-refractivity contribution in [3.63, 3.8) is 0 Å². The lowest BCUT2D eigenvalue weighted by Gasteiger charge is -2.00. The Labute approximate surface area is 70.1 Å². The van der Waals surface area contributed by atoms with Crippen LogP contribution in [0.4, 0.5) is 5.82 Å². The normalized spacial score (nSPS) is 10.6. The summed E-state index contributed by atoms with van der Waals surface area (Å²) in [6.07, 6.45) is 0. The first-order chi connectivity index (χ1) is 5.16. The number of nitrogens with zero attached hydrogens (tertiary/aromatic N) is 1. The monoisotopic (exact) mass is 174 g/mol. The highest BCUT2D eigenvalue weighted by Crippen LogP contribution is 2.27. The molecule has 0 atom stereocenters. The van der Waals surface area contributed by atoms with Crippen LogP contribution < -0.4 is 11.3 Å². The third-order valence-corrected chi connectivity index (χ3v) is 1.83. The van der Waals surface area contributed by atoms with Crippen LogP contribution in [0.15, 0.2) is 0 Å². The third kappa shape index (κ3) is 1.46. The summed E-state index contributed by atoms with van der Waals surface area (Å²) in [4.78, 5) is 0. The van der Waals surface area contributed by atoms with Gasteiger partial charge in [0, 0.05) is 0 Å². The summed E-state index contributed by atoms with van der Waals surface area (Å²) in [5, 5.41) is 7.23. The Kier molecular flexibility index (Phi) is 2.36. The molecule has 1 heterocycles. The molecule has 0 saturated carbocycles. The number of nitrogen functional groups attached to an aromatic ring is 1. The van der Waals surface area contributed by atoms with Gasteiger partial charge in [-0.2, -0.15) is 5.10 Å². The molecule has 11 heavy (non-hydrogen) atoms. The van der Waals surface area contributed by atoms with Gasteiger partial charge >= 0.3 is 0 Å². The maximum atomic E-state index is 5.88. The second-order valence-corrected chi connectivity index (χ2v) is 2.98. The molecule has 0 saturated heterocycles. The zero-order valence-corrected chi connectivity index (χ0v) is 7.24. The number of nitrogens with one attached hydrogen (secondary N) is 2. The molecule has 1 rings (SSSR count). The van der Waals surface area contributed by atoms with E-state index in [4.69, 9.17) is 17.4 Å². The van der Waals surface area contributed by atoms with Crippen molar-refractivity contribution in [2.75, 3.05) is 5.43 Å². The molecule has 5 heteroatoms. The van der Waals surface area contributed by atoms with Gasteiger partial charge in [0.2, 0.25) is 0 Å². The molecule has 0 bridgehead atoms. The van der Waals surface area contributed by atoms with Crippen molar-refractivity contribution in [2.45, 2.75) is 19.8 Å². The van der Waals surface area contributed by atoms with Crippen LogP contribution in [0.25, 0.3) is 0 Å². The Morgan fingerprint density at radius 2 is 2.27 bits per heavy atom. The number of aromatic amines is 1. The van der Waals surface area contributed by atoms with E-state index in [-0.39, 0.29) is 0 Å². The predicted octanol–water partition coefficient (Wildman–Crippen LogP) is 1.47. The molecule has 0 spiro atoms. The van der Waals surface area contributed by atoms with E-state index < -0.39 is 0 Å². The minimum atomic E-state index is 0.331. The summed E-state index contributed by atoms with van der Waals surface area (Å²) < 4.78 is 0. The molecular formula is C6H11ClN4. The Hall–Kier alpha value is -0.740. The lowest BCUT2D eigenvalue weighted by molar-refractivity contribution is 0.811. The first-order valence-electron chi connectivity index (χ1n) is 3.37. The number of H-pyrrole nitrogens is 1. The molecular weight excluding hydrogens is 164 g/mol. The van der Waals surface area contributed by atoms with Crippen molar-refractivity contribution < 1.29 is 0 Å². The zero-order valence-electron chi connectivity index (χ0n) is 6.48. The van der Waals surface area contributed by atoms with Gasteiger partial charge in [0.15, 0.2) is 5.82 Å². The van der Waals surface area contributed by atoms with Crippen LogP contribution in [0.5, 0.6) is 0 Å². The largest absolute Gasteiger partial charge is 0.306 e. The number of aromatic nitrogens is 2. The van der Waals surface area contributed by atoms with Gasteiger partial charge < -0.3 is 5.43 Å². The lowest BCUT2D eigenvalue weighted by Crippen LogP contribution is -2.07. The second kappa shape index (κ2) is 3.11. The minimum absolute atomic E-state index is 0.331. The van der Waals surface area contributed by atoms with Crippen LogP contribution in [0, 0.1) is 0 Å². The summed E-state index contributed by atoms with van der Waals surface area (Å²) in [6, 6.07) is 0. The fourth-order valence-corrected chi connectivity index (χ4v) is 1.18. The fourth-order valence-electron chi connectivity index (χ4n) is 0.820. The van der Waals surface area contributed by atoms with Crippen molar-refractivity contribution in [2.24, 2.45) is 5.84 Å². The van der Waals surface area contributed by atoms with Crippen LogP contribution in [0.1, 0.15) is 25.5 Å². The summed E-state index contributed by atoms with van der Waals surface area (Å²) in [5.74, 6) is 5.97. The highest BCUT2D eigenvalue weighted by atomic mass is 35.5. The number of nitrogens with two attached hydrogens (primary N) is 1. The number of rotatable bonds is 2. The van der Waals surface area contributed by atoms with Crippen molar-refractivity contribution in [3.05, 3.63) is 10.7 Å². The number of hydrogen-bond acceptors (Lipinski definition) is 3. The standard InChI is InChI=1S/C6H11ClN4/c1-3(2)5-4(7)6(9-8)11-10-5/h3H,8H2,1-2H3,(H2,9,10,11). The summed E-state index contributed by atoms with van der Waals surface area (Å²) >= 11 is 5.88. The number of hydrazine groups is 1. The highest BCUT2D eigenvalue weighted by Gasteiger charge is 2.11. The molecule has 0 aromatic carbocycles. The van der Waals surface area contributed by atoms with E-state index in [0.717, 1.165) is 5.69 Å². The van der Waals surface area contributed by atoms with E-state index >= 15 is 0 Å². The van der Waals surface area contributed by atoms with E-state index in [1.807, 2.05) is 13.8 Å². The molecule has 0 fully saturated rings. The quantitative estimate of drug-likeness (QED) is 0.470. The van der Waals surface area contributed by atoms with Crippen LogP contribution in [0.2, 0.25) is 5.02 Å². The van der Waals surface area contributed by atoms with Gasteiger partial charge in [-0.15, -0.1) is 0 Å². The molecule has 0 aliphatic heterocycles. The number of anilines is 1. The average Bonchev–Trinajstić information content (AvgIpc) is 2.30. The Morgan fingerprint density at radius 1 is 1.64 bits per heavy atom. The van der Waals surface area contributed by atoms with Crippen molar-refractivity contribution in [3.8, 4) is 0 Å². The van der Waals surface area contributed by atoms with Gasteiger partial charge in [-0.1, -0.05) is 25.4 Å². The van der Waals surface area contributed by atoms with Gasteiger partial charge in [-0.05, 0) is 5.92 Å². The molecule has 4 nitrogen and oxygen atoms in total. The molecule has 0 aliphatic rings. The molecule has 4 N–H and O–H groups in total. The van der Waals surface area contributed by atoms with E-state index in [1.165, 1.54) is 0 Å². The topological polar surface area (TPSA) is 66.7 Å². The van der Waals surface area contributed by atoms with Crippen LogP contribution in [-0.4, -0.2) is 10.2 Å². The smallest absolute Gasteiger partial charge is 0.180 e. The number of halogens is 1. The zero-order chi connectivity index (χ0) is 8.43. The fraction of sp³-hybridized carbons (Fsp3) is 0.500. The van der Waals surface area contributed by atoms with Crippen LogP contribution in [-0.2, 0) is 0 Å². The van der Waals surface area contributed by atoms with E-state index in [2.05, 4.69) is 15.6 Å². The molecule has 0 aliphatic carbocycles. The van der Waals surface area contributed by atoms with Gasteiger partial charge in [-0.25, -0.2) is 5.84 Å². The van der Waals surface area contributed by atoms with Gasteiger partial charge in [0.05, 0.1) is 5.69 Å². The summed E-state index contributed by atoms with van der Waals surface area (Å²) in [7, 11) is 0. The van der Waals surface area contributed by atoms with E-state index in [1.54, 1.807) is 0 Å². The first kappa shape index (κ1) is 8.36. The lowest BCUT2D eigenvalue weighted by atomic mass is 10.1. The van der Waals surface area contributed by atoms with E-state index in [0.29, 0.717) is 16.8 Å². The van der Waals surface area contributed by atoms with Crippen molar-refractivity contribution >= 4 is 17.4 Å². The molecule has 0 amide bonds. The Bertz CT molecular complexity index is 243. The number of hydrogen-bond donors (Lipinski definition) is 3. The summed E-state index contributed by atoms with van der Waals surface area (Å²) in [6.45, 7) is 4.05. The molecule has 0 radical (unpaired) electrons. The van der Waals surface area contributed by atoms with Gasteiger partial charge in [-0.3, -0.25) is 5.10 Å². The maximum absolute atomic E-state index is 5.88. The molecule has 1 aromatic heterocycles. The average molecular weight is 175 g/mol. The second-order valence-electron chi connectivity index (χ2n) is 2.60. The molecule has 1 aromatic rings. The minimum Gasteiger partial charge on any atom is -0.306 e. The maximum Gasteiger partial charge on any atom is 0.180 e. The SMILES string of the molecule is CC(C)c1[nH]nc(NN)c1Cl. The van der Waals surface area contributed by atoms with E-state index in [9.17, 15) is 0 Å². The third-order valence-electron chi connectivity index (χ3n) is 1.45. The highest BCUT2D eigenvalue weighted by molar-refractivity contribution is 6.33. The Balaban J connectivity index is 3.00. The summed E-state index contributed by atoms with van der Waals surface area (Å²) in [5.41, 5.74) is 3.30. The van der Waals surface area contributed by atoms with Gasteiger partial charge in [0.1, 0.15) is 5.02 Å². The molecule has 0 unspecified atom stereocenters. The van der Waals surface area contributed by atoms with Crippen LogP contribution in [0.3, 0.4) is 0 Å². The van der Waals surface area contributed by atoms with Crippen molar-refractivity contribution in [1.29, 1.82) is 0 Å².